The molecular weight excluding hydrogens is 479 g/mol. The fourth-order valence-electron chi connectivity index (χ4n) is 3.62. The van der Waals surface area contributed by atoms with Crippen molar-refractivity contribution in [1.82, 2.24) is 0 Å². The molecule has 9 heteroatoms. The van der Waals surface area contributed by atoms with E-state index in [1.807, 2.05) is 6.92 Å². The summed E-state index contributed by atoms with van der Waals surface area (Å²) in [5.41, 5.74) is 2.18. The van der Waals surface area contributed by atoms with E-state index in [1.165, 1.54) is 16.4 Å². The highest BCUT2D eigenvalue weighted by Gasteiger charge is 2.36. The number of rotatable bonds is 4. The summed E-state index contributed by atoms with van der Waals surface area (Å²) in [6.45, 7) is 1.83. The maximum absolute atomic E-state index is 13.2. The molecular formula is C22H17Cl3N2O3S. The van der Waals surface area contributed by atoms with Crippen molar-refractivity contribution in [3.63, 3.8) is 0 Å². The number of nitrogens with one attached hydrogen (secondary N) is 1. The predicted molar refractivity (Wildman–Crippen MR) is 125 cm³/mol. The first-order valence-corrected chi connectivity index (χ1v) is 11.9. The summed E-state index contributed by atoms with van der Waals surface area (Å²) < 4.78 is 27.8. The quantitative estimate of drug-likeness (QED) is 0.480. The van der Waals surface area contributed by atoms with Crippen molar-refractivity contribution in [2.45, 2.75) is 24.3 Å². The lowest BCUT2D eigenvalue weighted by Gasteiger charge is -2.24. The van der Waals surface area contributed by atoms with Crippen molar-refractivity contribution in [2.24, 2.45) is 0 Å². The molecule has 0 unspecified atom stereocenters. The molecule has 0 fully saturated rings. The molecule has 0 spiro atoms. The molecule has 0 aliphatic carbocycles. The second kappa shape index (κ2) is 8.36. The number of halogens is 3. The second-order valence-corrected chi connectivity index (χ2v) is 10.3. The average Bonchev–Trinajstić information content (AvgIpc) is 3.06. The van der Waals surface area contributed by atoms with Gasteiger partial charge in [0, 0.05) is 21.7 Å². The van der Waals surface area contributed by atoms with Gasteiger partial charge in [-0.25, -0.2) is 8.42 Å². The molecule has 1 N–H and O–H groups in total. The van der Waals surface area contributed by atoms with E-state index in [4.69, 9.17) is 34.8 Å². The highest BCUT2D eigenvalue weighted by atomic mass is 35.5. The molecule has 1 aliphatic rings. The highest BCUT2D eigenvalue weighted by Crippen LogP contribution is 2.37. The Balaban J connectivity index is 1.63. The number of hydrogen-bond donors (Lipinski definition) is 1. The lowest BCUT2D eigenvalue weighted by molar-refractivity contribution is 0.102. The van der Waals surface area contributed by atoms with Crippen molar-refractivity contribution >= 4 is 62.1 Å². The molecule has 1 amide bonds. The van der Waals surface area contributed by atoms with E-state index in [2.05, 4.69) is 5.32 Å². The molecule has 0 saturated heterocycles. The van der Waals surface area contributed by atoms with E-state index in [0.717, 1.165) is 5.56 Å². The minimum Gasteiger partial charge on any atom is -0.321 e. The Morgan fingerprint density at radius 3 is 2.32 bits per heavy atom. The average molecular weight is 496 g/mol. The smallest absolute Gasteiger partial charge is 0.264 e. The summed E-state index contributed by atoms with van der Waals surface area (Å²) in [5.74, 6) is -0.348. The number of hydrogen-bond acceptors (Lipinski definition) is 3. The number of carbonyl (C=O) groups is 1. The van der Waals surface area contributed by atoms with Gasteiger partial charge in [-0.05, 0) is 79.6 Å². The summed E-state index contributed by atoms with van der Waals surface area (Å²) in [4.78, 5) is 12.9. The van der Waals surface area contributed by atoms with Crippen LogP contribution < -0.4 is 9.62 Å². The molecule has 0 bridgehead atoms. The Bertz CT molecular complexity index is 1280. The lowest BCUT2D eigenvalue weighted by atomic mass is 10.1. The maximum atomic E-state index is 13.2. The molecule has 1 aliphatic heterocycles. The van der Waals surface area contributed by atoms with Crippen LogP contribution in [0.2, 0.25) is 15.1 Å². The van der Waals surface area contributed by atoms with Crippen molar-refractivity contribution in [1.29, 1.82) is 0 Å². The van der Waals surface area contributed by atoms with Gasteiger partial charge in [-0.1, -0.05) is 34.8 Å². The Morgan fingerprint density at radius 2 is 1.65 bits per heavy atom. The van der Waals surface area contributed by atoms with Crippen LogP contribution in [0.1, 0.15) is 22.8 Å². The predicted octanol–water partition coefficient (Wildman–Crippen LogP) is 6.04. The fourth-order valence-corrected chi connectivity index (χ4v) is 5.89. The Morgan fingerprint density at radius 1 is 0.968 bits per heavy atom. The molecule has 4 rings (SSSR count). The number of amides is 1. The van der Waals surface area contributed by atoms with Crippen molar-refractivity contribution in [2.75, 3.05) is 9.62 Å². The third kappa shape index (κ3) is 4.26. The van der Waals surface area contributed by atoms with Gasteiger partial charge in [-0.15, -0.1) is 0 Å². The summed E-state index contributed by atoms with van der Waals surface area (Å²) in [7, 11) is -3.77. The maximum Gasteiger partial charge on any atom is 0.264 e. The molecule has 0 saturated carbocycles. The van der Waals surface area contributed by atoms with E-state index in [-0.39, 0.29) is 16.8 Å². The van der Waals surface area contributed by atoms with Crippen LogP contribution >= 0.6 is 34.8 Å². The second-order valence-electron chi connectivity index (χ2n) is 7.23. The summed E-state index contributed by atoms with van der Waals surface area (Å²) in [6.07, 6.45) is 0.491. The normalized spacial score (nSPS) is 15.6. The molecule has 160 valence electrons. The van der Waals surface area contributed by atoms with Crippen LogP contribution in [-0.2, 0) is 16.4 Å². The molecule has 1 atom stereocenters. The molecule has 1 heterocycles. The van der Waals surface area contributed by atoms with Crippen LogP contribution in [0.4, 0.5) is 11.4 Å². The van der Waals surface area contributed by atoms with Gasteiger partial charge in [-0.3, -0.25) is 9.10 Å². The van der Waals surface area contributed by atoms with Crippen LogP contribution in [0.3, 0.4) is 0 Å². The molecule has 31 heavy (non-hydrogen) atoms. The third-order valence-corrected chi connectivity index (χ3v) is 7.79. The Labute approximate surface area is 195 Å². The zero-order valence-electron chi connectivity index (χ0n) is 16.3. The van der Waals surface area contributed by atoms with Crippen LogP contribution in [0.25, 0.3) is 0 Å². The Hall–Kier alpha value is -2.25. The third-order valence-electron chi connectivity index (χ3n) is 5.04. The first kappa shape index (κ1) is 22.0. The van der Waals surface area contributed by atoms with Gasteiger partial charge >= 0.3 is 0 Å². The largest absolute Gasteiger partial charge is 0.321 e. The van der Waals surface area contributed by atoms with Crippen LogP contribution in [0.5, 0.6) is 0 Å². The highest BCUT2D eigenvalue weighted by molar-refractivity contribution is 7.92. The molecule has 0 radical (unpaired) electrons. The number of benzene rings is 3. The van der Waals surface area contributed by atoms with E-state index < -0.39 is 10.0 Å². The summed E-state index contributed by atoms with van der Waals surface area (Å²) >= 11 is 17.9. The summed E-state index contributed by atoms with van der Waals surface area (Å²) in [5, 5.41) is 4.02. The number of sulfonamides is 1. The van der Waals surface area contributed by atoms with Crippen molar-refractivity contribution in [3.05, 3.63) is 86.9 Å². The standard InChI is InChI=1S/C22H17Cl3N2O3S/c1-13-10-15-11-14(22(28)26-20-8-5-17(24)12-19(20)25)2-9-21(15)27(13)31(29,30)18-6-3-16(23)4-7-18/h2-9,11-13H,10H2,1H3,(H,26,28)/t13-/m0/s1. The topological polar surface area (TPSA) is 66.5 Å². The van der Waals surface area contributed by atoms with Crippen molar-refractivity contribution < 1.29 is 13.2 Å². The van der Waals surface area contributed by atoms with Gasteiger partial charge in [0.05, 0.1) is 21.3 Å². The minimum absolute atomic E-state index is 0.163. The Kier molecular flexibility index (Phi) is 5.92. The number of carbonyl (C=O) groups excluding carboxylic acids is 1. The van der Waals surface area contributed by atoms with Gasteiger partial charge in [-0.2, -0.15) is 0 Å². The van der Waals surface area contributed by atoms with Gasteiger partial charge in [0.2, 0.25) is 0 Å². The molecule has 5 nitrogen and oxygen atoms in total. The molecule has 0 aromatic heterocycles. The van der Waals surface area contributed by atoms with Crippen LogP contribution in [0, 0.1) is 0 Å². The van der Waals surface area contributed by atoms with Gasteiger partial charge in [0.1, 0.15) is 0 Å². The minimum atomic E-state index is -3.77. The van der Waals surface area contributed by atoms with Crippen LogP contribution in [0.15, 0.2) is 65.6 Å². The molecule has 3 aromatic rings. The number of fused-ring (bicyclic) bond motifs is 1. The SMILES string of the molecule is C[C@H]1Cc2cc(C(=O)Nc3ccc(Cl)cc3Cl)ccc2N1S(=O)(=O)c1ccc(Cl)cc1. The summed E-state index contributed by atoms with van der Waals surface area (Å²) in [6, 6.07) is 15.5. The van der Waals surface area contributed by atoms with E-state index >= 15 is 0 Å². The van der Waals surface area contributed by atoms with Gasteiger partial charge in [0.15, 0.2) is 0 Å². The van der Waals surface area contributed by atoms with E-state index in [0.29, 0.717) is 38.4 Å². The van der Waals surface area contributed by atoms with Gasteiger partial charge in [0.25, 0.3) is 15.9 Å². The zero-order chi connectivity index (χ0) is 22.3. The van der Waals surface area contributed by atoms with Crippen molar-refractivity contribution in [3.8, 4) is 0 Å². The van der Waals surface area contributed by atoms with Crippen LogP contribution in [-0.4, -0.2) is 20.4 Å². The first-order valence-electron chi connectivity index (χ1n) is 9.36. The monoisotopic (exact) mass is 494 g/mol. The van der Waals surface area contributed by atoms with E-state index in [9.17, 15) is 13.2 Å². The zero-order valence-corrected chi connectivity index (χ0v) is 19.4. The fraction of sp³-hybridized carbons (Fsp3) is 0.136. The van der Waals surface area contributed by atoms with Gasteiger partial charge < -0.3 is 5.32 Å². The number of anilines is 2. The number of nitrogens with zero attached hydrogens (tertiary/aromatic N) is 1. The van der Waals surface area contributed by atoms with E-state index in [1.54, 1.807) is 48.5 Å². The lowest BCUT2D eigenvalue weighted by Crippen LogP contribution is -2.35. The first-order chi connectivity index (χ1) is 14.7. The molecule has 3 aromatic carbocycles.